The Kier molecular flexibility index (Phi) is 7.83. The van der Waals surface area contributed by atoms with Gasteiger partial charge < -0.3 is 20.5 Å². The van der Waals surface area contributed by atoms with E-state index in [0.717, 1.165) is 30.4 Å². The van der Waals surface area contributed by atoms with Crippen LogP contribution in [-0.4, -0.2) is 42.8 Å². The van der Waals surface area contributed by atoms with Gasteiger partial charge in [0.25, 0.3) is 0 Å². The molecular weight excluding hydrogens is 432 g/mol. The average Bonchev–Trinajstić information content (AvgIpc) is 3.12. The van der Waals surface area contributed by atoms with Crippen LogP contribution in [0.1, 0.15) is 55.6 Å². The number of fused-ring (bicyclic) bond motifs is 3. The lowest BCUT2D eigenvalue weighted by Crippen LogP contribution is -2.44. The molecule has 1 fully saturated rings. The lowest BCUT2D eigenvalue weighted by Gasteiger charge is -2.33. The van der Waals surface area contributed by atoms with Gasteiger partial charge in [-0.25, -0.2) is 4.79 Å². The van der Waals surface area contributed by atoms with E-state index in [1.54, 1.807) is 0 Å². The molecule has 1 unspecified atom stereocenters. The van der Waals surface area contributed by atoms with E-state index in [1.165, 1.54) is 11.1 Å². The minimum Gasteiger partial charge on any atom is -0.481 e. The van der Waals surface area contributed by atoms with Crippen LogP contribution in [0, 0.1) is 11.8 Å². The Hall–Kier alpha value is -3.35. The Morgan fingerprint density at radius 2 is 1.59 bits per heavy atom. The Morgan fingerprint density at radius 3 is 2.18 bits per heavy atom. The second-order valence-corrected chi connectivity index (χ2v) is 9.15. The van der Waals surface area contributed by atoms with Crippen molar-refractivity contribution in [1.29, 1.82) is 0 Å². The van der Waals surface area contributed by atoms with Gasteiger partial charge in [0.05, 0.1) is 5.92 Å². The molecule has 1 saturated carbocycles. The van der Waals surface area contributed by atoms with Crippen molar-refractivity contribution in [3.8, 4) is 11.1 Å². The maximum absolute atomic E-state index is 12.7. The van der Waals surface area contributed by atoms with Gasteiger partial charge in [-0.15, -0.1) is 0 Å². The molecule has 2 aliphatic rings. The number of hydrogen-bond acceptors (Lipinski definition) is 4. The summed E-state index contributed by atoms with van der Waals surface area (Å²) in [5, 5.41) is 14.4. The Morgan fingerprint density at radius 1 is 0.941 bits per heavy atom. The lowest BCUT2D eigenvalue weighted by molar-refractivity contribution is -0.137. The van der Waals surface area contributed by atoms with Crippen molar-refractivity contribution in [2.75, 3.05) is 19.7 Å². The van der Waals surface area contributed by atoms with Crippen molar-refractivity contribution >= 4 is 18.0 Å². The summed E-state index contributed by atoms with van der Waals surface area (Å²) in [6, 6.07) is 16.4. The first-order valence-corrected chi connectivity index (χ1v) is 12.1. The van der Waals surface area contributed by atoms with Gasteiger partial charge in [0, 0.05) is 25.4 Å². The monoisotopic (exact) mass is 464 g/mol. The van der Waals surface area contributed by atoms with Crippen molar-refractivity contribution < 1.29 is 24.2 Å². The quantitative estimate of drug-likeness (QED) is 0.430. The second-order valence-electron chi connectivity index (χ2n) is 9.15. The molecule has 1 atom stereocenters. The van der Waals surface area contributed by atoms with Crippen molar-refractivity contribution in [3.05, 3.63) is 59.7 Å². The molecule has 4 rings (SSSR count). The molecule has 2 aromatic carbocycles. The molecule has 7 nitrogen and oxygen atoms in total. The van der Waals surface area contributed by atoms with Gasteiger partial charge in [0.2, 0.25) is 5.91 Å². The topological polar surface area (TPSA) is 105 Å². The van der Waals surface area contributed by atoms with Crippen LogP contribution in [0.4, 0.5) is 4.79 Å². The first kappa shape index (κ1) is 23.8. The third-order valence-corrected chi connectivity index (χ3v) is 6.98. The number of alkyl carbamates (subject to hydrolysis) is 1. The van der Waals surface area contributed by atoms with E-state index in [0.29, 0.717) is 19.4 Å². The third kappa shape index (κ3) is 5.58. The number of aliphatic carboxylic acids is 1. The molecule has 2 aromatic rings. The van der Waals surface area contributed by atoms with Gasteiger partial charge in [0.15, 0.2) is 0 Å². The number of amides is 2. The minimum atomic E-state index is -0.828. The van der Waals surface area contributed by atoms with Crippen LogP contribution >= 0.6 is 0 Å². The van der Waals surface area contributed by atoms with Crippen LogP contribution in [0.5, 0.6) is 0 Å². The van der Waals surface area contributed by atoms with Gasteiger partial charge in [-0.3, -0.25) is 9.59 Å². The maximum atomic E-state index is 12.7. The van der Waals surface area contributed by atoms with E-state index in [4.69, 9.17) is 9.84 Å². The number of nitrogens with one attached hydrogen (secondary N) is 2. The summed E-state index contributed by atoms with van der Waals surface area (Å²) in [5.41, 5.74) is 4.67. The summed E-state index contributed by atoms with van der Waals surface area (Å²) in [6.07, 6.45) is 3.79. The van der Waals surface area contributed by atoms with Crippen LogP contribution in [0.2, 0.25) is 0 Å². The molecule has 34 heavy (non-hydrogen) atoms. The number of rotatable bonds is 11. The van der Waals surface area contributed by atoms with Gasteiger partial charge in [-0.2, -0.15) is 0 Å². The molecular formula is C27H32N2O5. The number of ether oxygens (including phenoxy) is 1. The zero-order valence-corrected chi connectivity index (χ0v) is 19.3. The first-order chi connectivity index (χ1) is 16.5. The zero-order chi connectivity index (χ0) is 23.9. The second kappa shape index (κ2) is 11.2. The number of carboxylic acids is 1. The summed E-state index contributed by atoms with van der Waals surface area (Å²) < 4.78 is 5.60. The largest absolute Gasteiger partial charge is 0.481 e. The van der Waals surface area contributed by atoms with Gasteiger partial charge in [0.1, 0.15) is 6.61 Å². The fourth-order valence-electron chi connectivity index (χ4n) is 4.90. The van der Waals surface area contributed by atoms with Crippen LogP contribution in [0.3, 0.4) is 0 Å². The van der Waals surface area contributed by atoms with Crippen LogP contribution in [0.15, 0.2) is 48.5 Å². The summed E-state index contributed by atoms with van der Waals surface area (Å²) in [7, 11) is 0. The number of carbonyl (C=O) groups excluding carboxylic acids is 2. The van der Waals surface area contributed by atoms with E-state index < -0.39 is 12.1 Å². The highest BCUT2D eigenvalue weighted by molar-refractivity contribution is 5.80. The van der Waals surface area contributed by atoms with Gasteiger partial charge in [-0.05, 0) is 53.9 Å². The molecule has 0 aliphatic heterocycles. The molecule has 7 heteroatoms. The van der Waals surface area contributed by atoms with Crippen LogP contribution in [-0.2, 0) is 14.3 Å². The number of benzene rings is 2. The highest BCUT2D eigenvalue weighted by Gasteiger charge is 2.33. The van der Waals surface area contributed by atoms with E-state index in [1.807, 2.05) is 24.3 Å². The minimum absolute atomic E-state index is 0.00493. The number of carboxylic acid groups (broad SMARTS) is 1. The number of unbranched alkanes of at least 4 members (excludes halogenated alkanes) is 1. The van der Waals surface area contributed by atoms with Gasteiger partial charge >= 0.3 is 12.1 Å². The fourth-order valence-corrected chi connectivity index (χ4v) is 4.90. The fraction of sp³-hybridized carbons (Fsp3) is 0.444. The Bertz CT molecular complexity index is 988. The highest BCUT2D eigenvalue weighted by atomic mass is 16.5. The molecule has 0 bridgehead atoms. The normalized spacial score (nSPS) is 15.5. The van der Waals surface area contributed by atoms with E-state index in [2.05, 4.69) is 34.9 Å². The summed E-state index contributed by atoms with van der Waals surface area (Å²) in [5.74, 6) is -0.957. The Labute approximate surface area is 199 Å². The molecule has 0 spiro atoms. The molecule has 0 saturated heterocycles. The highest BCUT2D eigenvalue weighted by Crippen LogP contribution is 2.44. The summed E-state index contributed by atoms with van der Waals surface area (Å²) >= 11 is 0. The standard InChI is InChI=1S/C27H32N2O5/c30-25(31)14-5-6-15-28-26(32)23(18-8-7-9-18)16-29-27(33)34-17-24-21-12-3-1-10-19(21)20-11-2-4-13-22(20)24/h1-4,10-13,18,23-24H,5-9,14-17H2,(H,28,32)(H,29,33)(H,30,31). The van der Waals surface area contributed by atoms with Crippen LogP contribution in [0.25, 0.3) is 11.1 Å². The maximum Gasteiger partial charge on any atom is 0.407 e. The molecule has 2 aliphatic carbocycles. The van der Waals surface area contributed by atoms with Crippen LogP contribution < -0.4 is 10.6 Å². The molecule has 3 N–H and O–H groups in total. The molecule has 0 heterocycles. The van der Waals surface area contributed by atoms with E-state index >= 15 is 0 Å². The smallest absolute Gasteiger partial charge is 0.407 e. The average molecular weight is 465 g/mol. The predicted octanol–water partition coefficient (Wildman–Crippen LogP) is 4.31. The van der Waals surface area contributed by atoms with Crippen molar-refractivity contribution in [2.24, 2.45) is 11.8 Å². The first-order valence-electron chi connectivity index (χ1n) is 12.1. The predicted molar refractivity (Wildman–Crippen MR) is 128 cm³/mol. The van der Waals surface area contributed by atoms with E-state index in [9.17, 15) is 14.4 Å². The number of carbonyl (C=O) groups is 3. The molecule has 0 radical (unpaired) electrons. The van der Waals surface area contributed by atoms with Crippen molar-refractivity contribution in [2.45, 2.75) is 44.4 Å². The summed E-state index contributed by atoms with van der Waals surface area (Å²) in [6.45, 7) is 0.923. The van der Waals surface area contributed by atoms with Crippen molar-refractivity contribution in [3.63, 3.8) is 0 Å². The molecule has 0 aromatic heterocycles. The molecule has 2 amide bonds. The number of hydrogen-bond donors (Lipinski definition) is 3. The van der Waals surface area contributed by atoms with Gasteiger partial charge in [-0.1, -0.05) is 55.0 Å². The third-order valence-electron chi connectivity index (χ3n) is 6.98. The Balaban J connectivity index is 1.27. The summed E-state index contributed by atoms with van der Waals surface area (Å²) in [4.78, 5) is 35.8. The zero-order valence-electron chi connectivity index (χ0n) is 19.3. The lowest BCUT2D eigenvalue weighted by atomic mass is 9.75. The SMILES string of the molecule is O=C(O)CCCCNC(=O)C(CNC(=O)OCC1c2ccccc2-c2ccccc21)C1CCC1. The molecule has 180 valence electrons. The van der Waals surface area contributed by atoms with E-state index in [-0.39, 0.29) is 43.2 Å². The van der Waals surface area contributed by atoms with Crippen molar-refractivity contribution in [1.82, 2.24) is 10.6 Å².